The predicted molar refractivity (Wildman–Crippen MR) is 120 cm³/mol. The van der Waals surface area contributed by atoms with Gasteiger partial charge in [0.15, 0.2) is 0 Å². The molecule has 0 atom stereocenters. The van der Waals surface area contributed by atoms with Gasteiger partial charge in [-0.3, -0.25) is 4.79 Å². The molecule has 0 radical (unpaired) electrons. The first kappa shape index (κ1) is 18.9. The third-order valence-electron chi connectivity index (χ3n) is 5.35. The van der Waals surface area contributed by atoms with Gasteiger partial charge in [0.05, 0.1) is 23.7 Å². The summed E-state index contributed by atoms with van der Waals surface area (Å²) in [5.74, 6) is 2.20. The fraction of sp³-hybridized carbons (Fsp3) is 0.120. The molecular formula is C25H21N3O3. The molecule has 5 rings (SSSR count). The van der Waals surface area contributed by atoms with E-state index in [4.69, 9.17) is 9.47 Å². The number of H-pyrrole nitrogens is 1. The molecule has 6 heteroatoms. The van der Waals surface area contributed by atoms with E-state index in [1.165, 1.54) is 0 Å². The number of imidazole rings is 1. The zero-order chi connectivity index (χ0) is 21.2. The second-order valence-electron chi connectivity index (χ2n) is 7.28. The highest BCUT2D eigenvalue weighted by molar-refractivity contribution is 6.30. The number of nitrogens with one attached hydrogen (secondary N) is 2. The standard InChI is InChI=1S/C25H21N3O3/c1-30-18-10-6-16(7-11-18)20-14-26-25(29)24(20)17-8-12-19(13-9-17)31-15-23-27-21-4-2-3-5-22(21)28-23/h2-13H,14-15H2,1H3,(H,26,29)(H,27,28). The summed E-state index contributed by atoms with van der Waals surface area (Å²) in [6.45, 7) is 0.846. The third-order valence-corrected chi connectivity index (χ3v) is 5.35. The molecule has 6 nitrogen and oxygen atoms in total. The Bertz CT molecular complexity index is 1240. The van der Waals surface area contributed by atoms with E-state index in [1.807, 2.05) is 72.8 Å². The van der Waals surface area contributed by atoms with Crippen molar-refractivity contribution in [2.75, 3.05) is 13.7 Å². The van der Waals surface area contributed by atoms with Crippen molar-refractivity contribution >= 4 is 28.1 Å². The molecule has 0 unspecified atom stereocenters. The molecule has 0 saturated heterocycles. The van der Waals surface area contributed by atoms with Crippen LogP contribution in [0.3, 0.4) is 0 Å². The van der Waals surface area contributed by atoms with Crippen molar-refractivity contribution in [2.45, 2.75) is 6.61 Å². The molecule has 4 aromatic rings. The van der Waals surface area contributed by atoms with Gasteiger partial charge in [0, 0.05) is 6.54 Å². The minimum Gasteiger partial charge on any atom is -0.497 e. The smallest absolute Gasteiger partial charge is 0.252 e. The predicted octanol–water partition coefficient (Wildman–Crippen LogP) is 4.19. The van der Waals surface area contributed by atoms with Gasteiger partial charge in [-0.1, -0.05) is 36.4 Å². The van der Waals surface area contributed by atoms with Crippen LogP contribution in [-0.2, 0) is 11.4 Å². The molecule has 31 heavy (non-hydrogen) atoms. The van der Waals surface area contributed by atoms with Gasteiger partial charge in [-0.2, -0.15) is 0 Å². The Morgan fingerprint density at radius 1 is 0.903 bits per heavy atom. The number of hydrogen-bond acceptors (Lipinski definition) is 4. The van der Waals surface area contributed by atoms with E-state index in [0.29, 0.717) is 24.5 Å². The van der Waals surface area contributed by atoms with Crippen molar-refractivity contribution in [3.05, 3.63) is 89.7 Å². The number of aromatic nitrogens is 2. The number of carbonyl (C=O) groups excluding carboxylic acids is 1. The summed E-state index contributed by atoms with van der Waals surface area (Å²) in [4.78, 5) is 20.3. The zero-order valence-electron chi connectivity index (χ0n) is 17.0. The highest BCUT2D eigenvalue weighted by Gasteiger charge is 2.25. The minimum absolute atomic E-state index is 0.0678. The van der Waals surface area contributed by atoms with Crippen LogP contribution in [0, 0.1) is 0 Å². The van der Waals surface area contributed by atoms with Crippen LogP contribution < -0.4 is 14.8 Å². The Kier molecular flexibility index (Phi) is 4.88. The maximum atomic E-state index is 12.5. The molecule has 154 valence electrons. The second-order valence-corrected chi connectivity index (χ2v) is 7.28. The molecule has 0 fully saturated rings. The lowest BCUT2D eigenvalue weighted by Gasteiger charge is -2.09. The van der Waals surface area contributed by atoms with Crippen LogP contribution in [0.25, 0.3) is 22.2 Å². The van der Waals surface area contributed by atoms with Crippen molar-refractivity contribution in [3.63, 3.8) is 0 Å². The van der Waals surface area contributed by atoms with Gasteiger partial charge in [0.25, 0.3) is 5.91 Å². The number of methoxy groups -OCH3 is 1. The van der Waals surface area contributed by atoms with Crippen LogP contribution >= 0.6 is 0 Å². The zero-order valence-corrected chi connectivity index (χ0v) is 17.0. The van der Waals surface area contributed by atoms with Crippen molar-refractivity contribution in [1.29, 1.82) is 0 Å². The van der Waals surface area contributed by atoms with Gasteiger partial charge in [-0.25, -0.2) is 4.98 Å². The van der Waals surface area contributed by atoms with E-state index in [9.17, 15) is 4.79 Å². The van der Waals surface area contributed by atoms with Crippen LogP contribution in [-0.4, -0.2) is 29.5 Å². The highest BCUT2D eigenvalue weighted by Crippen LogP contribution is 2.32. The van der Waals surface area contributed by atoms with Crippen molar-refractivity contribution in [2.24, 2.45) is 0 Å². The average Bonchev–Trinajstić information content (AvgIpc) is 3.41. The molecule has 1 aliphatic rings. The van der Waals surface area contributed by atoms with Gasteiger partial charge in [-0.15, -0.1) is 0 Å². The van der Waals surface area contributed by atoms with E-state index < -0.39 is 0 Å². The topological polar surface area (TPSA) is 76.2 Å². The summed E-state index contributed by atoms with van der Waals surface area (Å²) in [6.07, 6.45) is 0. The first-order valence-corrected chi connectivity index (χ1v) is 10.0. The lowest BCUT2D eigenvalue weighted by molar-refractivity contribution is -0.114. The van der Waals surface area contributed by atoms with Crippen LogP contribution in [0.5, 0.6) is 11.5 Å². The maximum Gasteiger partial charge on any atom is 0.252 e. The number of ether oxygens (including phenoxy) is 2. The Morgan fingerprint density at radius 3 is 2.35 bits per heavy atom. The number of nitrogens with zero attached hydrogens (tertiary/aromatic N) is 1. The Balaban J connectivity index is 1.35. The minimum atomic E-state index is -0.0678. The van der Waals surface area contributed by atoms with E-state index in [1.54, 1.807) is 7.11 Å². The van der Waals surface area contributed by atoms with E-state index in [2.05, 4.69) is 15.3 Å². The average molecular weight is 411 g/mol. The van der Waals surface area contributed by atoms with Crippen LogP contribution in [0.2, 0.25) is 0 Å². The number of fused-ring (bicyclic) bond motifs is 1. The van der Waals surface area contributed by atoms with E-state index >= 15 is 0 Å². The number of carbonyl (C=O) groups is 1. The van der Waals surface area contributed by atoms with E-state index in [-0.39, 0.29) is 5.91 Å². The van der Waals surface area contributed by atoms with Crippen molar-refractivity contribution < 1.29 is 14.3 Å². The van der Waals surface area contributed by atoms with Gasteiger partial charge in [0.2, 0.25) is 0 Å². The molecule has 1 aromatic heterocycles. The molecule has 2 N–H and O–H groups in total. The number of hydrogen-bond donors (Lipinski definition) is 2. The fourth-order valence-electron chi connectivity index (χ4n) is 3.77. The summed E-state index contributed by atoms with van der Waals surface area (Å²) < 4.78 is 11.1. The Labute approximate surface area is 179 Å². The fourth-order valence-corrected chi connectivity index (χ4v) is 3.77. The number of amides is 1. The summed E-state index contributed by atoms with van der Waals surface area (Å²) in [5.41, 5.74) is 5.43. The van der Waals surface area contributed by atoms with Crippen LogP contribution in [0.4, 0.5) is 0 Å². The molecule has 0 spiro atoms. The molecule has 0 aliphatic carbocycles. The summed E-state index contributed by atoms with van der Waals surface area (Å²) in [6, 6.07) is 23.2. The molecule has 1 aliphatic heterocycles. The maximum absolute atomic E-state index is 12.5. The largest absolute Gasteiger partial charge is 0.497 e. The lowest BCUT2D eigenvalue weighted by Crippen LogP contribution is -2.16. The number of aromatic amines is 1. The summed E-state index contributed by atoms with van der Waals surface area (Å²) in [5, 5.41) is 2.93. The second kappa shape index (κ2) is 7.99. The van der Waals surface area contributed by atoms with Crippen LogP contribution in [0.15, 0.2) is 72.8 Å². The normalized spacial score (nSPS) is 13.5. The Morgan fingerprint density at radius 2 is 1.61 bits per heavy atom. The first-order chi connectivity index (χ1) is 15.2. The quantitative estimate of drug-likeness (QED) is 0.499. The highest BCUT2D eigenvalue weighted by atomic mass is 16.5. The molecule has 0 bridgehead atoms. The Hall–Kier alpha value is -4.06. The monoisotopic (exact) mass is 411 g/mol. The number of rotatable bonds is 6. The first-order valence-electron chi connectivity index (χ1n) is 10.0. The SMILES string of the molecule is COc1ccc(C2=C(c3ccc(OCc4nc5ccccc5[nH]4)cc3)C(=O)NC2)cc1. The van der Waals surface area contributed by atoms with Crippen LogP contribution in [0.1, 0.15) is 17.0 Å². The third kappa shape index (κ3) is 3.75. The van der Waals surface area contributed by atoms with Gasteiger partial charge in [-0.05, 0) is 53.1 Å². The molecule has 0 saturated carbocycles. The molecule has 3 aromatic carbocycles. The number of para-hydroxylation sites is 2. The molecule has 2 heterocycles. The van der Waals surface area contributed by atoms with Crippen molar-refractivity contribution in [1.82, 2.24) is 15.3 Å². The number of benzene rings is 3. The van der Waals surface area contributed by atoms with E-state index in [0.717, 1.165) is 39.3 Å². The van der Waals surface area contributed by atoms with Crippen molar-refractivity contribution in [3.8, 4) is 11.5 Å². The molecule has 1 amide bonds. The van der Waals surface area contributed by atoms with Gasteiger partial charge in [0.1, 0.15) is 23.9 Å². The lowest BCUT2D eigenvalue weighted by atomic mass is 9.96. The summed E-state index contributed by atoms with van der Waals surface area (Å²) >= 11 is 0. The van der Waals surface area contributed by atoms with Gasteiger partial charge >= 0.3 is 0 Å². The summed E-state index contributed by atoms with van der Waals surface area (Å²) in [7, 11) is 1.64. The van der Waals surface area contributed by atoms with Gasteiger partial charge < -0.3 is 19.8 Å². The molecular weight excluding hydrogens is 390 g/mol.